The zero-order valence-electron chi connectivity index (χ0n) is 21.0. The van der Waals surface area contributed by atoms with Gasteiger partial charge in [-0.2, -0.15) is 0 Å². The number of epoxide rings is 1. The summed E-state index contributed by atoms with van der Waals surface area (Å²) in [6, 6.07) is 0. The van der Waals surface area contributed by atoms with E-state index in [1.54, 1.807) is 0 Å². The minimum atomic E-state index is -1.51. The lowest BCUT2D eigenvalue weighted by atomic mass is 9.37. The molecule has 1 N–H and O–H groups in total. The van der Waals surface area contributed by atoms with Crippen molar-refractivity contribution in [3.05, 3.63) is 11.6 Å². The van der Waals surface area contributed by atoms with Crippen molar-refractivity contribution in [2.45, 2.75) is 83.9 Å². The van der Waals surface area contributed by atoms with Gasteiger partial charge in [0.2, 0.25) is 6.29 Å². The summed E-state index contributed by atoms with van der Waals surface area (Å²) in [6.45, 7) is 8.56. The van der Waals surface area contributed by atoms with E-state index in [1.165, 1.54) is 6.08 Å². The number of carbonyl (C=O) groups is 4. The molecule has 9 nitrogen and oxygen atoms in total. The van der Waals surface area contributed by atoms with Crippen molar-refractivity contribution >= 4 is 23.7 Å². The first-order chi connectivity index (χ1) is 16.8. The number of aliphatic hydroxyl groups is 1. The predicted molar refractivity (Wildman–Crippen MR) is 120 cm³/mol. The molecule has 0 aromatic heterocycles. The van der Waals surface area contributed by atoms with Gasteiger partial charge in [-0.05, 0) is 49.4 Å². The van der Waals surface area contributed by atoms with E-state index in [0.29, 0.717) is 25.7 Å². The molecule has 0 aromatic rings. The number of Topliss-reactive ketones (excluding diaryl/α,β-unsaturated/α-hetero) is 1. The maximum atomic E-state index is 14.3. The fraction of sp³-hybridized carbons (Fsp3) is 0.778. The minimum Gasteiger partial charge on any atom is -0.465 e. The van der Waals surface area contributed by atoms with E-state index in [4.69, 9.17) is 18.9 Å². The minimum absolute atomic E-state index is 0.0726. The molecule has 10 unspecified atom stereocenters. The van der Waals surface area contributed by atoms with Gasteiger partial charge in [0, 0.05) is 35.3 Å². The van der Waals surface area contributed by atoms with Gasteiger partial charge in [0.15, 0.2) is 6.10 Å². The Morgan fingerprint density at radius 1 is 0.972 bits per heavy atom. The number of hydrogen-bond acceptors (Lipinski definition) is 9. The zero-order valence-corrected chi connectivity index (χ0v) is 21.0. The first kappa shape index (κ1) is 22.9. The smallest absolute Gasteiger partial charge is 0.339 e. The molecule has 2 spiro atoms. The Kier molecular flexibility index (Phi) is 4.08. The summed E-state index contributed by atoms with van der Waals surface area (Å²) < 4.78 is 22.8. The van der Waals surface area contributed by atoms with Crippen LogP contribution in [-0.2, 0) is 38.1 Å². The van der Waals surface area contributed by atoms with Gasteiger partial charge in [0.1, 0.15) is 17.5 Å². The molecule has 4 aliphatic heterocycles. The summed E-state index contributed by atoms with van der Waals surface area (Å²) >= 11 is 0. The second-order valence-electron chi connectivity index (χ2n) is 13.2. The number of aliphatic hydroxyl groups excluding tert-OH is 1. The summed E-state index contributed by atoms with van der Waals surface area (Å²) in [6.07, 6.45) is 0.590. The standard InChI is InChI=1S/C27H32O9/c1-23(2)10-12-7-17(29)33-11-26(12)14-5-6-24(3)19(13-8-18(30)34-21(13)31)35-22(32)20-27(24,36-20)25(14,4)16(28)9-15(23)26/h8,12,14-15,19-21,31H,5-7,9-11H2,1-4H3. The van der Waals surface area contributed by atoms with Gasteiger partial charge in [-0.3, -0.25) is 9.59 Å². The van der Waals surface area contributed by atoms with E-state index in [2.05, 4.69) is 13.8 Å². The van der Waals surface area contributed by atoms with Gasteiger partial charge in [-0.15, -0.1) is 0 Å². The second kappa shape index (κ2) is 6.41. The Morgan fingerprint density at radius 3 is 2.42 bits per heavy atom. The second-order valence-corrected chi connectivity index (χ2v) is 13.2. The molecule has 0 amide bonds. The number of cyclic esters (lactones) is 3. The molecule has 6 fully saturated rings. The van der Waals surface area contributed by atoms with Crippen molar-refractivity contribution in [2.24, 2.45) is 39.4 Å². The van der Waals surface area contributed by atoms with Crippen molar-refractivity contribution in [1.82, 2.24) is 0 Å². The Balaban J connectivity index is 1.39. The van der Waals surface area contributed by atoms with E-state index in [9.17, 15) is 24.3 Å². The SMILES string of the molecule is CC1(C)CC2CC(=O)OCC23C1CC(=O)C1(C)C3CCC2(C)C(C3=CC(=O)OC3O)OC(=O)C3OC321. The summed E-state index contributed by atoms with van der Waals surface area (Å²) in [5, 5.41) is 10.4. The van der Waals surface area contributed by atoms with Gasteiger partial charge in [-0.1, -0.05) is 20.8 Å². The average molecular weight is 501 g/mol. The van der Waals surface area contributed by atoms with Crippen LogP contribution in [0.15, 0.2) is 11.6 Å². The lowest BCUT2D eigenvalue weighted by Gasteiger charge is -2.66. The maximum absolute atomic E-state index is 14.3. The van der Waals surface area contributed by atoms with Crippen LogP contribution in [0.2, 0.25) is 0 Å². The lowest BCUT2D eigenvalue weighted by molar-refractivity contribution is -0.226. The molecule has 36 heavy (non-hydrogen) atoms. The quantitative estimate of drug-likeness (QED) is 0.326. The van der Waals surface area contributed by atoms with E-state index in [0.717, 1.165) is 6.42 Å². The van der Waals surface area contributed by atoms with Crippen LogP contribution in [0, 0.1) is 39.4 Å². The summed E-state index contributed by atoms with van der Waals surface area (Å²) in [5.41, 5.74) is -3.30. The van der Waals surface area contributed by atoms with Gasteiger partial charge in [-0.25, -0.2) is 9.59 Å². The van der Waals surface area contributed by atoms with Crippen LogP contribution in [0.1, 0.15) is 59.8 Å². The molecular formula is C27H32O9. The molecule has 10 atom stereocenters. The van der Waals surface area contributed by atoms with Crippen LogP contribution >= 0.6 is 0 Å². The fourth-order valence-corrected chi connectivity index (χ4v) is 10.3. The van der Waals surface area contributed by atoms with Gasteiger partial charge in [0.05, 0.1) is 12.0 Å². The van der Waals surface area contributed by atoms with Crippen LogP contribution in [0.4, 0.5) is 0 Å². The summed E-state index contributed by atoms with van der Waals surface area (Å²) in [4.78, 5) is 51.8. The molecule has 0 radical (unpaired) electrons. The van der Waals surface area contributed by atoms with Crippen molar-refractivity contribution in [1.29, 1.82) is 0 Å². The Bertz CT molecular complexity index is 1170. The number of rotatable bonds is 1. The Labute approximate surface area is 208 Å². The first-order valence-electron chi connectivity index (χ1n) is 13.0. The molecule has 0 aromatic carbocycles. The maximum Gasteiger partial charge on any atom is 0.339 e. The van der Waals surface area contributed by atoms with Crippen molar-refractivity contribution in [3.8, 4) is 0 Å². The molecule has 9 heteroatoms. The fourth-order valence-electron chi connectivity index (χ4n) is 10.3. The van der Waals surface area contributed by atoms with Gasteiger partial charge >= 0.3 is 17.9 Å². The number of carbonyl (C=O) groups excluding carboxylic acids is 4. The van der Waals surface area contributed by atoms with Crippen LogP contribution in [0.25, 0.3) is 0 Å². The van der Waals surface area contributed by atoms with E-state index < -0.39 is 46.9 Å². The highest BCUT2D eigenvalue weighted by atomic mass is 16.7. The van der Waals surface area contributed by atoms with Crippen molar-refractivity contribution < 1.29 is 43.2 Å². The Hall–Kier alpha value is -2.26. The molecule has 194 valence electrons. The van der Waals surface area contributed by atoms with Crippen molar-refractivity contribution in [3.63, 3.8) is 0 Å². The highest BCUT2D eigenvalue weighted by Crippen LogP contribution is 2.80. The highest BCUT2D eigenvalue weighted by molar-refractivity contribution is 5.94. The molecule has 7 rings (SSSR count). The van der Waals surface area contributed by atoms with E-state index in [-0.39, 0.29) is 52.5 Å². The first-order valence-corrected chi connectivity index (χ1v) is 13.0. The molecular weight excluding hydrogens is 468 g/mol. The van der Waals surface area contributed by atoms with Crippen LogP contribution in [-0.4, -0.2) is 59.5 Å². The molecule has 3 aliphatic carbocycles. The van der Waals surface area contributed by atoms with E-state index in [1.807, 2.05) is 13.8 Å². The van der Waals surface area contributed by atoms with Crippen LogP contribution in [0.3, 0.4) is 0 Å². The zero-order chi connectivity index (χ0) is 25.6. The molecule has 4 heterocycles. The number of fused-ring (bicyclic) bond motifs is 1. The Morgan fingerprint density at radius 2 is 1.72 bits per heavy atom. The number of ether oxygens (including phenoxy) is 4. The molecule has 3 saturated carbocycles. The van der Waals surface area contributed by atoms with Crippen LogP contribution in [0.5, 0.6) is 0 Å². The number of esters is 3. The largest absolute Gasteiger partial charge is 0.465 e. The molecule has 3 saturated heterocycles. The van der Waals surface area contributed by atoms with Gasteiger partial charge < -0.3 is 24.1 Å². The topological polar surface area (TPSA) is 129 Å². The normalized spacial score (nSPS) is 54.1. The lowest BCUT2D eigenvalue weighted by Crippen LogP contribution is -2.73. The number of hydrogen-bond donors (Lipinski definition) is 1. The third-order valence-corrected chi connectivity index (χ3v) is 11.7. The molecule has 7 aliphatic rings. The summed E-state index contributed by atoms with van der Waals surface area (Å²) in [5.74, 6) is -1.36. The van der Waals surface area contributed by atoms with E-state index >= 15 is 0 Å². The third-order valence-electron chi connectivity index (χ3n) is 11.7. The average Bonchev–Trinajstić information content (AvgIpc) is 3.43. The monoisotopic (exact) mass is 500 g/mol. The predicted octanol–water partition coefficient (Wildman–Crippen LogP) is 1.84. The highest BCUT2D eigenvalue weighted by Gasteiger charge is 2.89. The third kappa shape index (κ3) is 2.24. The van der Waals surface area contributed by atoms with Gasteiger partial charge in [0.25, 0.3) is 0 Å². The van der Waals surface area contributed by atoms with Crippen molar-refractivity contribution in [2.75, 3.05) is 6.61 Å². The van der Waals surface area contributed by atoms with Crippen LogP contribution < -0.4 is 0 Å². The molecule has 0 bridgehead atoms. The number of ketones is 1. The summed E-state index contributed by atoms with van der Waals surface area (Å²) in [7, 11) is 0.